The fraction of sp³-hybridized carbons (Fsp3) is 0.533. The highest BCUT2D eigenvalue weighted by Gasteiger charge is 2.39. The maximum absolute atomic E-state index is 13.2. The van der Waals surface area contributed by atoms with Crippen molar-refractivity contribution in [2.24, 2.45) is 0 Å². The van der Waals surface area contributed by atoms with Crippen LogP contribution in [0.5, 0.6) is 0 Å². The van der Waals surface area contributed by atoms with Crippen LogP contribution in [0.2, 0.25) is 0 Å². The Morgan fingerprint density at radius 3 is 2.33 bits per heavy atom. The summed E-state index contributed by atoms with van der Waals surface area (Å²) >= 11 is 0. The molecule has 0 saturated carbocycles. The average molecular weight is 298 g/mol. The normalized spacial score (nSPS) is 20.0. The highest BCUT2D eigenvalue weighted by molar-refractivity contribution is 5.85. The van der Waals surface area contributed by atoms with Crippen molar-refractivity contribution in [2.75, 3.05) is 20.1 Å². The second kappa shape index (κ2) is 6.07. The maximum atomic E-state index is 13.2. The summed E-state index contributed by atoms with van der Waals surface area (Å²) in [5, 5.41) is 13.0. The van der Waals surface area contributed by atoms with Gasteiger partial charge in [0.25, 0.3) is 5.91 Å². The molecule has 1 saturated heterocycles. The molecule has 1 fully saturated rings. The molecule has 0 unspecified atom stereocenters. The molecule has 1 aromatic carbocycles. The second-order valence-corrected chi connectivity index (χ2v) is 5.73. The molecule has 1 atom stereocenters. The number of nitrogens with zero attached hydrogens (tertiary/aromatic N) is 1. The van der Waals surface area contributed by atoms with Crippen molar-refractivity contribution in [1.29, 1.82) is 0 Å². The minimum absolute atomic E-state index is 0.331. The number of benzene rings is 1. The van der Waals surface area contributed by atoms with Gasteiger partial charge in [0.2, 0.25) is 0 Å². The fourth-order valence-electron chi connectivity index (χ4n) is 2.45. The molecule has 2 rings (SSSR count). The summed E-state index contributed by atoms with van der Waals surface area (Å²) in [4.78, 5) is 14.2. The third-order valence-electron chi connectivity index (χ3n) is 3.97. The number of carbonyl (C=O) groups excluding carboxylic acids is 1. The Hall–Kier alpha value is -1.53. The largest absolute Gasteiger partial charge is 0.380 e. The van der Waals surface area contributed by atoms with E-state index in [2.05, 4.69) is 5.32 Å². The van der Waals surface area contributed by atoms with Gasteiger partial charge in [0, 0.05) is 19.2 Å². The number of amides is 1. The Kier molecular flexibility index (Phi) is 4.58. The molecule has 0 aliphatic carbocycles. The van der Waals surface area contributed by atoms with Gasteiger partial charge in [-0.2, -0.15) is 0 Å². The number of likely N-dealkylation sites (tertiary alicyclic amines) is 1. The number of hydrogen-bond acceptors (Lipinski definition) is 3. The van der Waals surface area contributed by atoms with Crippen LogP contribution < -0.4 is 5.32 Å². The van der Waals surface area contributed by atoms with E-state index in [9.17, 15) is 18.7 Å². The smallest absolute Gasteiger partial charge is 0.252 e. The molecular weight excluding hydrogens is 278 g/mol. The first-order chi connectivity index (χ1) is 9.80. The molecule has 4 nitrogen and oxygen atoms in total. The minimum Gasteiger partial charge on any atom is -0.380 e. The topological polar surface area (TPSA) is 52.6 Å². The Balaban J connectivity index is 2.05. The van der Waals surface area contributed by atoms with Crippen LogP contribution >= 0.6 is 0 Å². The maximum Gasteiger partial charge on any atom is 0.252 e. The van der Waals surface area contributed by atoms with E-state index >= 15 is 0 Å². The third kappa shape index (κ3) is 3.77. The molecular formula is C15H20F2N2O2. The zero-order chi connectivity index (χ0) is 15.6. The lowest BCUT2D eigenvalue weighted by Gasteiger charge is -2.36. The van der Waals surface area contributed by atoms with E-state index in [-0.39, 0.29) is 0 Å². The van der Waals surface area contributed by atoms with Crippen LogP contribution in [0.3, 0.4) is 0 Å². The lowest BCUT2D eigenvalue weighted by atomic mass is 9.90. The summed E-state index contributed by atoms with van der Waals surface area (Å²) in [7, 11) is 1.93. The molecule has 2 N–H and O–H groups in total. The van der Waals surface area contributed by atoms with E-state index in [4.69, 9.17) is 0 Å². The number of carbonyl (C=O) groups is 1. The molecule has 1 aromatic rings. The van der Waals surface area contributed by atoms with Gasteiger partial charge in [-0.15, -0.1) is 0 Å². The van der Waals surface area contributed by atoms with Crippen molar-refractivity contribution in [2.45, 2.75) is 31.4 Å². The predicted octanol–water partition coefficient (Wildman–Crippen LogP) is 1.60. The third-order valence-corrected chi connectivity index (χ3v) is 3.97. The van der Waals surface area contributed by atoms with Gasteiger partial charge < -0.3 is 15.3 Å². The van der Waals surface area contributed by atoms with Crippen LogP contribution in [0.25, 0.3) is 0 Å². The highest BCUT2D eigenvalue weighted by atomic mass is 19.1. The molecule has 1 aliphatic rings. The zero-order valence-corrected chi connectivity index (χ0v) is 12.2. The molecule has 116 valence electrons. The molecule has 6 heteroatoms. The summed E-state index contributed by atoms with van der Waals surface area (Å²) in [5.41, 5.74) is -1.08. The molecule has 0 aromatic heterocycles. The number of nitrogens with one attached hydrogen (secondary N) is 1. The van der Waals surface area contributed by atoms with Crippen molar-refractivity contribution in [3.05, 3.63) is 35.4 Å². The summed E-state index contributed by atoms with van der Waals surface area (Å²) in [6, 6.07) is 2.55. The molecule has 21 heavy (non-hydrogen) atoms. The molecule has 1 heterocycles. The van der Waals surface area contributed by atoms with Gasteiger partial charge in [0.05, 0.1) is 6.04 Å². The summed E-state index contributed by atoms with van der Waals surface area (Å²) in [5.74, 6) is -1.87. The number of hydrogen-bond donors (Lipinski definition) is 2. The Bertz CT molecular complexity index is 508. The van der Waals surface area contributed by atoms with Crippen LogP contribution in [0.1, 0.15) is 31.4 Å². The summed E-state index contributed by atoms with van der Waals surface area (Å²) in [6.45, 7) is 2.89. The van der Waals surface area contributed by atoms with Gasteiger partial charge in [0.15, 0.2) is 0 Å². The molecule has 0 radical (unpaired) electrons. The molecule has 0 bridgehead atoms. The van der Waals surface area contributed by atoms with Crippen molar-refractivity contribution >= 4 is 5.91 Å². The lowest BCUT2D eigenvalue weighted by Crippen LogP contribution is -2.53. The molecule has 1 amide bonds. The standard InChI is InChI=1S/C15H20F2N2O2/c1-10(11-7-12(16)9-13(17)8-11)18-14(20)15(21)3-5-19(2)6-4-15/h7-10,21H,3-6H2,1-2H3,(H,18,20)/t10-/m0/s1. The predicted molar refractivity (Wildman–Crippen MR) is 74.6 cm³/mol. The van der Waals surface area contributed by atoms with Crippen LogP contribution in [-0.4, -0.2) is 41.7 Å². The first-order valence-electron chi connectivity index (χ1n) is 6.98. The number of piperidine rings is 1. The van der Waals surface area contributed by atoms with Gasteiger partial charge in [-0.25, -0.2) is 8.78 Å². The van der Waals surface area contributed by atoms with Gasteiger partial charge in [0.1, 0.15) is 17.2 Å². The fourth-order valence-corrected chi connectivity index (χ4v) is 2.45. The van der Waals surface area contributed by atoms with E-state index in [1.54, 1.807) is 6.92 Å². The van der Waals surface area contributed by atoms with E-state index in [1.807, 2.05) is 11.9 Å². The van der Waals surface area contributed by atoms with Gasteiger partial charge in [-0.1, -0.05) is 0 Å². The lowest BCUT2D eigenvalue weighted by molar-refractivity contribution is -0.145. The number of halogens is 2. The van der Waals surface area contributed by atoms with Gasteiger partial charge in [-0.05, 0) is 44.5 Å². The SMILES string of the molecule is C[C@H](NC(=O)C1(O)CCN(C)CC1)c1cc(F)cc(F)c1. The van der Waals surface area contributed by atoms with Crippen LogP contribution in [0, 0.1) is 11.6 Å². The monoisotopic (exact) mass is 298 g/mol. The number of rotatable bonds is 3. The van der Waals surface area contributed by atoms with E-state index in [1.165, 1.54) is 12.1 Å². The van der Waals surface area contributed by atoms with Crippen LogP contribution in [0.15, 0.2) is 18.2 Å². The van der Waals surface area contributed by atoms with E-state index < -0.39 is 29.2 Å². The minimum atomic E-state index is -1.41. The first-order valence-corrected chi connectivity index (χ1v) is 6.98. The quantitative estimate of drug-likeness (QED) is 0.891. The number of aliphatic hydroxyl groups is 1. The Morgan fingerprint density at radius 1 is 1.29 bits per heavy atom. The molecule has 0 spiro atoms. The first kappa shape index (κ1) is 15.9. The van der Waals surface area contributed by atoms with Crippen molar-refractivity contribution < 1.29 is 18.7 Å². The van der Waals surface area contributed by atoms with Crippen LogP contribution in [0.4, 0.5) is 8.78 Å². The Morgan fingerprint density at radius 2 is 1.81 bits per heavy atom. The molecule has 1 aliphatic heterocycles. The van der Waals surface area contributed by atoms with Crippen molar-refractivity contribution in [1.82, 2.24) is 10.2 Å². The zero-order valence-electron chi connectivity index (χ0n) is 12.2. The summed E-state index contributed by atoms with van der Waals surface area (Å²) in [6.07, 6.45) is 0.694. The van der Waals surface area contributed by atoms with Gasteiger partial charge in [-0.3, -0.25) is 4.79 Å². The van der Waals surface area contributed by atoms with Gasteiger partial charge >= 0.3 is 0 Å². The highest BCUT2D eigenvalue weighted by Crippen LogP contribution is 2.23. The van der Waals surface area contributed by atoms with Crippen molar-refractivity contribution in [3.8, 4) is 0 Å². The second-order valence-electron chi connectivity index (χ2n) is 5.73. The summed E-state index contributed by atoms with van der Waals surface area (Å²) < 4.78 is 26.4. The Labute approximate surface area is 122 Å². The van der Waals surface area contributed by atoms with Crippen molar-refractivity contribution in [3.63, 3.8) is 0 Å². The van der Waals surface area contributed by atoms with E-state index in [0.29, 0.717) is 31.5 Å². The van der Waals surface area contributed by atoms with E-state index in [0.717, 1.165) is 6.07 Å². The van der Waals surface area contributed by atoms with Crippen LogP contribution in [-0.2, 0) is 4.79 Å². The average Bonchev–Trinajstić information content (AvgIpc) is 2.41.